The van der Waals surface area contributed by atoms with Crippen LogP contribution in [-0.2, 0) is 27.4 Å². The number of nitrogens with two attached hydrogens (primary N) is 2. The minimum atomic E-state index is -1.57. The SMILES string of the molecule is C[C@@](N)(CC1(C(=O)[C@@H](N)Cc2c[nH]c3ccccc23)C=CC=CC1)C(=O)NC(=O)OCc1cccc2ccccc12. The Morgan fingerprint density at radius 1 is 1.00 bits per heavy atom. The summed E-state index contributed by atoms with van der Waals surface area (Å²) in [4.78, 5) is 42.9. The van der Waals surface area contributed by atoms with Gasteiger partial charge in [0.1, 0.15) is 6.61 Å². The minimum absolute atomic E-state index is 0.0135. The lowest BCUT2D eigenvalue weighted by atomic mass is 9.67. The number of amides is 2. The van der Waals surface area contributed by atoms with Gasteiger partial charge in [0.2, 0.25) is 5.91 Å². The molecular weight excluding hydrogens is 516 g/mol. The molecule has 3 aromatic carbocycles. The molecule has 41 heavy (non-hydrogen) atoms. The highest BCUT2D eigenvalue weighted by Crippen LogP contribution is 2.38. The second-order valence-electron chi connectivity index (χ2n) is 10.9. The van der Waals surface area contributed by atoms with Crippen LogP contribution in [0.5, 0.6) is 0 Å². The average Bonchev–Trinajstić information content (AvgIpc) is 3.38. The van der Waals surface area contributed by atoms with E-state index in [-0.39, 0.29) is 18.8 Å². The van der Waals surface area contributed by atoms with Gasteiger partial charge < -0.3 is 21.2 Å². The Morgan fingerprint density at radius 2 is 1.73 bits per heavy atom. The summed E-state index contributed by atoms with van der Waals surface area (Å²) in [5.74, 6) is -0.952. The first-order valence-electron chi connectivity index (χ1n) is 13.6. The van der Waals surface area contributed by atoms with E-state index in [0.29, 0.717) is 12.8 Å². The molecule has 0 radical (unpaired) electrons. The summed E-state index contributed by atoms with van der Waals surface area (Å²) in [6.45, 7) is 1.49. The molecule has 0 saturated heterocycles. The van der Waals surface area contributed by atoms with Crippen molar-refractivity contribution in [3.05, 3.63) is 108 Å². The van der Waals surface area contributed by atoms with Crippen LogP contribution in [0, 0.1) is 5.41 Å². The fourth-order valence-corrected chi connectivity index (χ4v) is 5.63. The number of aromatic nitrogens is 1. The zero-order valence-electron chi connectivity index (χ0n) is 22.9. The van der Waals surface area contributed by atoms with Crippen molar-refractivity contribution in [3.63, 3.8) is 0 Å². The largest absolute Gasteiger partial charge is 0.444 e. The molecule has 0 saturated carbocycles. The van der Waals surface area contributed by atoms with Crippen LogP contribution in [0.4, 0.5) is 4.79 Å². The van der Waals surface area contributed by atoms with Crippen LogP contribution in [0.1, 0.15) is 30.9 Å². The van der Waals surface area contributed by atoms with Crippen molar-refractivity contribution in [3.8, 4) is 0 Å². The van der Waals surface area contributed by atoms with Gasteiger partial charge in [0.25, 0.3) is 0 Å². The number of alkyl carbamates (subject to hydrolysis) is 1. The number of allylic oxidation sites excluding steroid dienone is 4. The lowest BCUT2D eigenvalue weighted by molar-refractivity contribution is -0.131. The molecule has 1 aliphatic rings. The lowest BCUT2D eigenvalue weighted by Crippen LogP contribution is -2.58. The number of benzene rings is 3. The number of carbonyl (C=O) groups is 3. The summed E-state index contributed by atoms with van der Waals surface area (Å²) >= 11 is 0. The lowest BCUT2D eigenvalue weighted by Gasteiger charge is -2.37. The van der Waals surface area contributed by atoms with E-state index in [4.69, 9.17) is 16.2 Å². The quantitative estimate of drug-likeness (QED) is 0.235. The zero-order chi connectivity index (χ0) is 29.0. The van der Waals surface area contributed by atoms with E-state index in [1.54, 1.807) is 12.2 Å². The molecule has 3 atom stereocenters. The number of carbonyl (C=O) groups excluding carboxylic acids is 3. The molecule has 0 fully saturated rings. The van der Waals surface area contributed by atoms with E-state index in [1.807, 2.05) is 85.1 Å². The van der Waals surface area contributed by atoms with Gasteiger partial charge in [0, 0.05) is 17.1 Å². The predicted molar refractivity (Wildman–Crippen MR) is 160 cm³/mol. The number of nitrogens with one attached hydrogen (secondary N) is 2. The summed E-state index contributed by atoms with van der Waals surface area (Å²) in [7, 11) is 0. The number of ketones is 1. The van der Waals surface area contributed by atoms with Crippen LogP contribution >= 0.6 is 0 Å². The first-order valence-corrected chi connectivity index (χ1v) is 13.6. The number of H-pyrrole nitrogens is 1. The van der Waals surface area contributed by atoms with Crippen molar-refractivity contribution in [2.24, 2.45) is 16.9 Å². The molecule has 210 valence electrons. The van der Waals surface area contributed by atoms with E-state index < -0.39 is 29.0 Å². The van der Waals surface area contributed by atoms with E-state index in [1.165, 1.54) is 6.92 Å². The maximum absolute atomic E-state index is 13.9. The predicted octanol–water partition coefficient (Wildman–Crippen LogP) is 4.82. The fourth-order valence-electron chi connectivity index (χ4n) is 5.63. The molecule has 8 heteroatoms. The molecule has 0 spiro atoms. The van der Waals surface area contributed by atoms with Crippen molar-refractivity contribution < 1.29 is 19.1 Å². The number of ether oxygens (including phenoxy) is 1. The topological polar surface area (TPSA) is 140 Å². The van der Waals surface area contributed by atoms with E-state index in [2.05, 4.69) is 10.3 Å². The monoisotopic (exact) mass is 550 g/mol. The second-order valence-corrected chi connectivity index (χ2v) is 10.9. The third-order valence-electron chi connectivity index (χ3n) is 7.74. The number of imide groups is 1. The Hall–Kier alpha value is -4.53. The molecule has 0 aliphatic heterocycles. The molecule has 0 bridgehead atoms. The molecule has 1 heterocycles. The Balaban J connectivity index is 1.25. The number of rotatable bonds is 9. The van der Waals surface area contributed by atoms with Crippen molar-refractivity contribution in [1.82, 2.24) is 10.3 Å². The van der Waals surface area contributed by atoms with Crippen molar-refractivity contribution >= 4 is 39.5 Å². The highest BCUT2D eigenvalue weighted by atomic mass is 16.5. The van der Waals surface area contributed by atoms with Crippen LogP contribution in [0.3, 0.4) is 0 Å². The highest BCUT2D eigenvalue weighted by molar-refractivity contribution is 5.99. The molecule has 8 nitrogen and oxygen atoms in total. The van der Waals surface area contributed by atoms with Gasteiger partial charge in [-0.3, -0.25) is 14.9 Å². The van der Waals surface area contributed by atoms with Gasteiger partial charge in [-0.2, -0.15) is 0 Å². The summed E-state index contributed by atoms with van der Waals surface area (Å²) in [6, 6.07) is 20.5. The van der Waals surface area contributed by atoms with Gasteiger partial charge in [-0.1, -0.05) is 85.0 Å². The number of hydrogen-bond donors (Lipinski definition) is 4. The summed E-state index contributed by atoms with van der Waals surface area (Å²) < 4.78 is 5.36. The molecule has 1 unspecified atom stereocenters. The molecular formula is C33H34N4O4. The third kappa shape index (κ3) is 5.99. The van der Waals surface area contributed by atoms with Crippen LogP contribution in [0.25, 0.3) is 21.7 Å². The Kier molecular flexibility index (Phi) is 7.88. The maximum atomic E-state index is 13.9. The van der Waals surface area contributed by atoms with Gasteiger partial charge in [-0.25, -0.2) is 4.79 Å². The molecule has 2 amide bonds. The first-order chi connectivity index (χ1) is 19.7. The maximum Gasteiger partial charge on any atom is 0.414 e. The van der Waals surface area contributed by atoms with Gasteiger partial charge in [0.15, 0.2) is 5.78 Å². The number of aromatic amines is 1. The summed E-state index contributed by atoms with van der Waals surface area (Å²) in [6.07, 6.45) is 8.84. The van der Waals surface area contributed by atoms with Gasteiger partial charge in [-0.15, -0.1) is 0 Å². The van der Waals surface area contributed by atoms with Crippen LogP contribution in [-0.4, -0.2) is 34.3 Å². The van der Waals surface area contributed by atoms with E-state index >= 15 is 0 Å². The highest BCUT2D eigenvalue weighted by Gasteiger charge is 2.46. The Labute approximate surface area is 238 Å². The average molecular weight is 551 g/mol. The third-order valence-corrected chi connectivity index (χ3v) is 7.74. The normalized spacial score (nSPS) is 18.6. The van der Waals surface area contributed by atoms with E-state index in [0.717, 1.165) is 32.8 Å². The second kappa shape index (κ2) is 11.5. The van der Waals surface area contributed by atoms with E-state index in [9.17, 15) is 14.4 Å². The molecule has 1 aliphatic carbocycles. The minimum Gasteiger partial charge on any atom is -0.444 e. The Bertz CT molecular complexity index is 1660. The van der Waals surface area contributed by atoms with Crippen molar-refractivity contribution in [2.75, 3.05) is 0 Å². The summed E-state index contributed by atoms with van der Waals surface area (Å²) in [5, 5.41) is 5.24. The number of hydrogen-bond acceptors (Lipinski definition) is 6. The number of Topliss-reactive ketones (excluding diaryl/α,β-unsaturated/α-hetero) is 1. The molecule has 5 rings (SSSR count). The van der Waals surface area contributed by atoms with Crippen molar-refractivity contribution in [1.29, 1.82) is 0 Å². The Morgan fingerprint density at radius 3 is 2.51 bits per heavy atom. The van der Waals surface area contributed by atoms with Crippen molar-refractivity contribution in [2.45, 2.75) is 44.4 Å². The van der Waals surface area contributed by atoms with Gasteiger partial charge in [-0.05, 0) is 54.2 Å². The smallest absolute Gasteiger partial charge is 0.414 e. The summed E-state index contributed by atoms with van der Waals surface area (Å²) in [5.41, 5.74) is 13.0. The number of fused-ring (bicyclic) bond motifs is 2. The van der Waals surface area contributed by atoms with Gasteiger partial charge >= 0.3 is 6.09 Å². The number of para-hydroxylation sites is 1. The molecule has 4 aromatic rings. The molecule has 6 N–H and O–H groups in total. The molecule has 1 aromatic heterocycles. The standard InChI is InChI=1S/C33H34N4O4/c1-32(35,30(39)37-31(40)41-20-23-12-9-11-22-10-3-4-13-25(22)23)21-33(16-7-2-8-17-33)29(38)27(34)18-24-19-36-28-15-6-5-14-26(24)28/h2-16,19,27,36H,17-18,20-21,34-35H2,1H3,(H,37,39,40)/t27-,32+,33?/m0/s1. The van der Waals surface area contributed by atoms with Gasteiger partial charge in [0.05, 0.1) is 17.0 Å². The van der Waals surface area contributed by atoms with Crippen LogP contribution in [0.15, 0.2) is 97.2 Å². The first kappa shape index (κ1) is 28.0. The van der Waals surface area contributed by atoms with Crippen LogP contribution in [0.2, 0.25) is 0 Å². The zero-order valence-corrected chi connectivity index (χ0v) is 22.9. The fraction of sp³-hybridized carbons (Fsp3) is 0.242. The van der Waals surface area contributed by atoms with Crippen LogP contribution < -0.4 is 16.8 Å².